The normalized spacial score (nSPS) is 11.2. The number of rotatable bonds is 9. The van der Waals surface area contributed by atoms with Gasteiger partial charge in [0.1, 0.15) is 6.61 Å². The molecule has 152 valence electrons. The molecule has 0 saturated heterocycles. The second-order valence-corrected chi connectivity index (χ2v) is 8.35. The fourth-order valence-electron chi connectivity index (χ4n) is 3.07. The van der Waals surface area contributed by atoms with Crippen LogP contribution in [0, 0.1) is 3.57 Å². The molecule has 0 aromatic heterocycles. The van der Waals surface area contributed by atoms with Crippen LogP contribution in [0.15, 0.2) is 42.5 Å². The molecule has 0 atom stereocenters. The Labute approximate surface area is 181 Å². The minimum Gasteiger partial charge on any atom is -0.493 e. The summed E-state index contributed by atoms with van der Waals surface area (Å²) < 4.78 is 12.4. The van der Waals surface area contributed by atoms with Crippen LogP contribution < -0.4 is 14.8 Å². The average molecular weight is 496 g/mol. The number of hydrogen-bond donors (Lipinski definition) is 1. The first-order valence-electron chi connectivity index (χ1n) is 9.45. The van der Waals surface area contributed by atoms with Crippen molar-refractivity contribution in [2.45, 2.75) is 39.8 Å². The summed E-state index contributed by atoms with van der Waals surface area (Å²) in [6, 6.07) is 13.8. The van der Waals surface area contributed by atoms with Crippen molar-refractivity contribution in [2.75, 3.05) is 25.6 Å². The molecule has 0 fully saturated rings. The number of halogens is 1. The number of carbonyl (C=O) groups is 1. The maximum absolute atomic E-state index is 12.5. The van der Waals surface area contributed by atoms with Crippen molar-refractivity contribution in [3.8, 4) is 11.5 Å². The van der Waals surface area contributed by atoms with E-state index < -0.39 is 0 Å². The molecule has 6 heteroatoms. The van der Waals surface area contributed by atoms with Gasteiger partial charge in [-0.25, -0.2) is 0 Å². The highest BCUT2D eigenvalue weighted by Gasteiger charge is 2.14. The summed E-state index contributed by atoms with van der Waals surface area (Å²) >= 11 is 2.19. The summed E-state index contributed by atoms with van der Waals surface area (Å²) in [5.41, 5.74) is 1.29. The van der Waals surface area contributed by atoms with E-state index in [1.807, 2.05) is 30.3 Å². The van der Waals surface area contributed by atoms with Gasteiger partial charge in [-0.2, -0.15) is 0 Å². The quantitative estimate of drug-likeness (QED) is 0.494. The molecular formula is C22H29IN2O3. The maximum Gasteiger partial charge on any atom is 0.255 e. The molecule has 5 nitrogen and oxygen atoms in total. The van der Waals surface area contributed by atoms with E-state index in [-0.39, 0.29) is 5.91 Å². The zero-order valence-electron chi connectivity index (χ0n) is 17.2. The Morgan fingerprint density at radius 2 is 1.79 bits per heavy atom. The molecular weight excluding hydrogens is 467 g/mol. The van der Waals surface area contributed by atoms with Gasteiger partial charge in [-0.1, -0.05) is 6.07 Å². The van der Waals surface area contributed by atoms with Crippen LogP contribution in [0.3, 0.4) is 0 Å². The first kappa shape index (κ1) is 22.5. The van der Waals surface area contributed by atoms with Crippen LogP contribution in [0.1, 0.15) is 38.1 Å². The second-order valence-electron chi connectivity index (χ2n) is 7.10. The predicted octanol–water partition coefficient (Wildman–Crippen LogP) is 5.05. The molecule has 0 aliphatic heterocycles. The van der Waals surface area contributed by atoms with Crippen molar-refractivity contribution < 1.29 is 14.3 Å². The SMILES string of the molecule is COc1ccc(NC(=O)c2cccc(I)c2)cc1OCCN(C(C)C)C(C)C. The van der Waals surface area contributed by atoms with E-state index in [2.05, 4.69) is 60.5 Å². The lowest BCUT2D eigenvalue weighted by Gasteiger charge is -2.30. The molecule has 0 heterocycles. The van der Waals surface area contributed by atoms with Crippen LogP contribution in [0.5, 0.6) is 11.5 Å². The Hall–Kier alpha value is -1.80. The molecule has 2 aromatic rings. The molecule has 1 N–H and O–H groups in total. The van der Waals surface area contributed by atoms with Gasteiger partial charge in [0, 0.05) is 39.5 Å². The van der Waals surface area contributed by atoms with E-state index in [0.29, 0.717) is 41.4 Å². The van der Waals surface area contributed by atoms with Gasteiger partial charge in [0.15, 0.2) is 11.5 Å². The average Bonchev–Trinajstić information content (AvgIpc) is 2.64. The first-order valence-corrected chi connectivity index (χ1v) is 10.5. The highest BCUT2D eigenvalue weighted by molar-refractivity contribution is 14.1. The molecule has 28 heavy (non-hydrogen) atoms. The summed E-state index contributed by atoms with van der Waals surface area (Å²) in [6.45, 7) is 10.1. The number of carbonyl (C=O) groups excluding carboxylic acids is 1. The van der Waals surface area contributed by atoms with Gasteiger partial charge in [-0.3, -0.25) is 9.69 Å². The summed E-state index contributed by atoms with van der Waals surface area (Å²) in [7, 11) is 1.61. The summed E-state index contributed by atoms with van der Waals surface area (Å²) in [6.07, 6.45) is 0. The molecule has 0 unspecified atom stereocenters. The molecule has 1 amide bonds. The van der Waals surface area contributed by atoms with Gasteiger partial charge in [0.05, 0.1) is 7.11 Å². The van der Waals surface area contributed by atoms with E-state index in [0.717, 1.165) is 10.1 Å². The zero-order valence-corrected chi connectivity index (χ0v) is 19.3. The number of nitrogens with one attached hydrogen (secondary N) is 1. The van der Waals surface area contributed by atoms with Crippen LogP contribution in [-0.4, -0.2) is 43.2 Å². The van der Waals surface area contributed by atoms with Crippen molar-refractivity contribution in [2.24, 2.45) is 0 Å². The van der Waals surface area contributed by atoms with Crippen molar-refractivity contribution in [1.29, 1.82) is 0 Å². The lowest BCUT2D eigenvalue weighted by atomic mass is 10.2. The fourth-order valence-corrected chi connectivity index (χ4v) is 3.62. The highest BCUT2D eigenvalue weighted by Crippen LogP contribution is 2.30. The van der Waals surface area contributed by atoms with Crippen molar-refractivity contribution in [3.05, 3.63) is 51.6 Å². The van der Waals surface area contributed by atoms with E-state index in [4.69, 9.17) is 9.47 Å². The van der Waals surface area contributed by atoms with Crippen molar-refractivity contribution in [1.82, 2.24) is 4.90 Å². The molecule has 2 rings (SSSR count). The Kier molecular flexibility index (Phi) is 8.57. The highest BCUT2D eigenvalue weighted by atomic mass is 127. The number of amides is 1. The van der Waals surface area contributed by atoms with Gasteiger partial charge >= 0.3 is 0 Å². The maximum atomic E-state index is 12.5. The van der Waals surface area contributed by atoms with Crippen LogP contribution in [0.4, 0.5) is 5.69 Å². The summed E-state index contributed by atoms with van der Waals surface area (Å²) in [5, 5.41) is 2.92. The number of methoxy groups -OCH3 is 1. The fraction of sp³-hybridized carbons (Fsp3) is 0.409. The van der Waals surface area contributed by atoms with Gasteiger partial charge in [0.2, 0.25) is 0 Å². The number of nitrogens with zero attached hydrogens (tertiary/aromatic N) is 1. The number of anilines is 1. The number of hydrogen-bond acceptors (Lipinski definition) is 4. The Balaban J connectivity index is 2.07. The zero-order chi connectivity index (χ0) is 20.7. The van der Waals surface area contributed by atoms with Crippen LogP contribution >= 0.6 is 22.6 Å². The third-order valence-electron chi connectivity index (χ3n) is 4.44. The minimum absolute atomic E-state index is 0.152. The number of benzene rings is 2. The van der Waals surface area contributed by atoms with Gasteiger partial charge in [-0.05, 0) is 80.6 Å². The van der Waals surface area contributed by atoms with Crippen LogP contribution in [-0.2, 0) is 0 Å². The Morgan fingerprint density at radius 3 is 2.39 bits per heavy atom. The van der Waals surface area contributed by atoms with Crippen LogP contribution in [0.2, 0.25) is 0 Å². The largest absolute Gasteiger partial charge is 0.493 e. The molecule has 0 spiro atoms. The van der Waals surface area contributed by atoms with Crippen molar-refractivity contribution >= 4 is 34.2 Å². The third kappa shape index (κ3) is 6.38. The third-order valence-corrected chi connectivity index (χ3v) is 5.11. The van der Waals surface area contributed by atoms with Crippen LogP contribution in [0.25, 0.3) is 0 Å². The summed E-state index contributed by atoms with van der Waals surface area (Å²) in [5.74, 6) is 1.11. The van der Waals surface area contributed by atoms with Gasteiger partial charge in [0.25, 0.3) is 5.91 Å². The Bertz CT molecular complexity index is 785. The summed E-state index contributed by atoms with van der Waals surface area (Å²) in [4.78, 5) is 14.9. The molecule has 0 bridgehead atoms. The topological polar surface area (TPSA) is 50.8 Å². The molecule has 0 radical (unpaired) electrons. The van der Waals surface area contributed by atoms with Gasteiger partial charge in [-0.15, -0.1) is 0 Å². The standard InChI is InChI=1S/C22H29IN2O3/c1-15(2)25(16(3)4)11-12-28-21-14-19(9-10-20(21)27-5)24-22(26)17-7-6-8-18(23)13-17/h6-10,13-16H,11-12H2,1-5H3,(H,24,26). The van der Waals surface area contributed by atoms with E-state index >= 15 is 0 Å². The lowest BCUT2D eigenvalue weighted by Crippen LogP contribution is -2.39. The monoisotopic (exact) mass is 496 g/mol. The molecule has 0 saturated carbocycles. The van der Waals surface area contributed by atoms with E-state index in [1.165, 1.54) is 0 Å². The minimum atomic E-state index is -0.152. The molecule has 2 aromatic carbocycles. The second kappa shape index (κ2) is 10.7. The van der Waals surface area contributed by atoms with Gasteiger partial charge < -0.3 is 14.8 Å². The number of ether oxygens (including phenoxy) is 2. The predicted molar refractivity (Wildman–Crippen MR) is 123 cm³/mol. The molecule has 0 aliphatic carbocycles. The lowest BCUT2D eigenvalue weighted by molar-refractivity contribution is 0.102. The first-order chi connectivity index (χ1) is 13.3. The molecule has 0 aliphatic rings. The smallest absolute Gasteiger partial charge is 0.255 e. The van der Waals surface area contributed by atoms with E-state index in [9.17, 15) is 4.79 Å². The van der Waals surface area contributed by atoms with E-state index in [1.54, 1.807) is 19.2 Å². The Morgan fingerprint density at radius 1 is 1.07 bits per heavy atom. The van der Waals surface area contributed by atoms with Crippen molar-refractivity contribution in [3.63, 3.8) is 0 Å².